The highest BCUT2D eigenvalue weighted by atomic mass is 32.2. The molecule has 0 aromatic carbocycles. The standard InChI is InChI=1S/C15H26N4O3S/c1-12-4-6-18(11-13(2)10-12)15(20)16-14-5-7-19(17-14)8-9-23(3,21)22/h5,7,12-13H,4,6,8-11H2,1-3H3,(H,16,17,20)/t12-,13-/m0/s1. The molecule has 1 aromatic heterocycles. The van der Waals surface area contributed by atoms with Crippen molar-refractivity contribution in [2.24, 2.45) is 11.8 Å². The summed E-state index contributed by atoms with van der Waals surface area (Å²) in [5.74, 6) is 1.61. The molecule has 0 spiro atoms. The van der Waals surface area contributed by atoms with Gasteiger partial charge in [0, 0.05) is 31.6 Å². The third-order valence-electron chi connectivity index (χ3n) is 4.08. The molecule has 8 heteroatoms. The molecule has 2 rings (SSSR count). The van der Waals surface area contributed by atoms with Gasteiger partial charge in [0.15, 0.2) is 5.82 Å². The van der Waals surface area contributed by atoms with Crippen LogP contribution >= 0.6 is 0 Å². The minimum absolute atomic E-state index is 0.0313. The van der Waals surface area contributed by atoms with Crippen LogP contribution in [0.25, 0.3) is 0 Å². The second-order valence-corrected chi connectivity index (χ2v) is 8.96. The van der Waals surface area contributed by atoms with Crippen molar-refractivity contribution in [3.05, 3.63) is 12.3 Å². The summed E-state index contributed by atoms with van der Waals surface area (Å²) in [6, 6.07) is 1.55. The number of nitrogens with zero attached hydrogens (tertiary/aromatic N) is 3. The number of nitrogens with one attached hydrogen (secondary N) is 1. The summed E-state index contributed by atoms with van der Waals surface area (Å²) in [5.41, 5.74) is 0. The van der Waals surface area contributed by atoms with E-state index in [1.807, 2.05) is 4.90 Å². The number of aryl methyl sites for hydroxylation is 1. The highest BCUT2D eigenvalue weighted by Crippen LogP contribution is 2.21. The Morgan fingerprint density at radius 3 is 2.83 bits per heavy atom. The first-order valence-corrected chi connectivity index (χ1v) is 10.1. The first-order valence-electron chi connectivity index (χ1n) is 8.00. The summed E-state index contributed by atoms with van der Waals surface area (Å²) in [7, 11) is -3.03. The fourth-order valence-corrected chi connectivity index (χ4v) is 3.43. The minimum Gasteiger partial charge on any atom is -0.324 e. The van der Waals surface area contributed by atoms with E-state index in [0.29, 0.717) is 17.7 Å². The highest BCUT2D eigenvalue weighted by Gasteiger charge is 2.23. The van der Waals surface area contributed by atoms with E-state index in [9.17, 15) is 13.2 Å². The van der Waals surface area contributed by atoms with Gasteiger partial charge in [-0.2, -0.15) is 5.10 Å². The Kier molecular flexibility index (Phi) is 5.67. The smallest absolute Gasteiger partial charge is 0.323 e. The maximum atomic E-state index is 12.4. The summed E-state index contributed by atoms with van der Waals surface area (Å²) in [5, 5.41) is 7.00. The van der Waals surface area contributed by atoms with Crippen LogP contribution in [0.5, 0.6) is 0 Å². The molecular formula is C15H26N4O3S. The van der Waals surface area contributed by atoms with Crippen LogP contribution in [0.2, 0.25) is 0 Å². The van der Waals surface area contributed by atoms with E-state index < -0.39 is 9.84 Å². The Labute approximate surface area is 138 Å². The van der Waals surface area contributed by atoms with Crippen molar-refractivity contribution in [1.82, 2.24) is 14.7 Å². The van der Waals surface area contributed by atoms with Gasteiger partial charge in [-0.05, 0) is 24.7 Å². The summed E-state index contributed by atoms with van der Waals surface area (Å²) < 4.78 is 23.9. The Balaban J connectivity index is 1.91. The van der Waals surface area contributed by atoms with Gasteiger partial charge in [-0.1, -0.05) is 13.8 Å². The van der Waals surface area contributed by atoms with Gasteiger partial charge in [-0.3, -0.25) is 10.00 Å². The molecule has 0 unspecified atom stereocenters. The zero-order valence-electron chi connectivity index (χ0n) is 14.0. The highest BCUT2D eigenvalue weighted by molar-refractivity contribution is 7.90. The van der Waals surface area contributed by atoms with Crippen LogP contribution in [-0.2, 0) is 16.4 Å². The van der Waals surface area contributed by atoms with E-state index in [1.54, 1.807) is 12.3 Å². The van der Waals surface area contributed by atoms with Crippen LogP contribution in [0.3, 0.4) is 0 Å². The van der Waals surface area contributed by atoms with Crippen LogP contribution in [0.1, 0.15) is 26.7 Å². The fraction of sp³-hybridized carbons (Fsp3) is 0.733. The van der Waals surface area contributed by atoms with Crippen LogP contribution in [0.4, 0.5) is 10.6 Å². The van der Waals surface area contributed by atoms with E-state index in [1.165, 1.54) is 10.9 Å². The van der Waals surface area contributed by atoms with E-state index >= 15 is 0 Å². The Bertz CT molecular complexity index is 641. The molecule has 1 saturated heterocycles. The van der Waals surface area contributed by atoms with E-state index in [4.69, 9.17) is 0 Å². The number of rotatable bonds is 4. The lowest BCUT2D eigenvalue weighted by Crippen LogP contribution is -2.37. The van der Waals surface area contributed by atoms with E-state index in [0.717, 1.165) is 25.9 Å². The third-order valence-corrected chi connectivity index (χ3v) is 5.01. The lowest BCUT2D eigenvalue weighted by Gasteiger charge is -2.22. The SMILES string of the molecule is C[C@H]1CCN(C(=O)Nc2ccn(CCS(C)(=O)=O)n2)C[C@@H](C)C1. The number of likely N-dealkylation sites (tertiary alicyclic amines) is 1. The molecule has 0 saturated carbocycles. The second-order valence-electron chi connectivity index (χ2n) is 6.70. The van der Waals surface area contributed by atoms with Crippen molar-refractivity contribution in [3.8, 4) is 0 Å². The lowest BCUT2D eigenvalue weighted by atomic mass is 9.97. The maximum Gasteiger partial charge on any atom is 0.323 e. The van der Waals surface area contributed by atoms with Gasteiger partial charge in [0.1, 0.15) is 9.84 Å². The number of aromatic nitrogens is 2. The normalized spacial score (nSPS) is 22.7. The summed E-state index contributed by atoms with van der Waals surface area (Å²) >= 11 is 0. The quantitative estimate of drug-likeness (QED) is 0.905. The Morgan fingerprint density at radius 1 is 1.39 bits per heavy atom. The molecule has 1 aliphatic rings. The van der Waals surface area contributed by atoms with Gasteiger partial charge < -0.3 is 4.90 Å². The van der Waals surface area contributed by atoms with E-state index in [-0.39, 0.29) is 18.3 Å². The van der Waals surface area contributed by atoms with E-state index in [2.05, 4.69) is 24.3 Å². The van der Waals surface area contributed by atoms with Crippen molar-refractivity contribution in [2.45, 2.75) is 33.2 Å². The predicted octanol–water partition coefficient (Wildman–Crippen LogP) is 1.83. The molecule has 1 aromatic rings. The zero-order valence-corrected chi connectivity index (χ0v) is 14.8. The van der Waals surface area contributed by atoms with Gasteiger partial charge in [0.2, 0.25) is 0 Å². The monoisotopic (exact) mass is 342 g/mol. The minimum atomic E-state index is -3.03. The number of hydrogen-bond acceptors (Lipinski definition) is 4. The topological polar surface area (TPSA) is 84.3 Å². The van der Waals surface area contributed by atoms with Gasteiger partial charge in [0.25, 0.3) is 0 Å². The molecule has 23 heavy (non-hydrogen) atoms. The van der Waals surface area contributed by atoms with Crippen LogP contribution in [0, 0.1) is 11.8 Å². The molecule has 1 fully saturated rings. The Morgan fingerprint density at radius 2 is 2.13 bits per heavy atom. The number of carbonyl (C=O) groups excluding carboxylic acids is 1. The average molecular weight is 342 g/mol. The largest absolute Gasteiger partial charge is 0.324 e. The molecule has 2 atom stereocenters. The Hall–Kier alpha value is -1.57. The van der Waals surface area contributed by atoms with Gasteiger partial charge in [0.05, 0.1) is 12.3 Å². The predicted molar refractivity (Wildman–Crippen MR) is 90.1 cm³/mol. The van der Waals surface area contributed by atoms with Crippen molar-refractivity contribution < 1.29 is 13.2 Å². The summed E-state index contributed by atoms with van der Waals surface area (Å²) in [4.78, 5) is 14.2. The number of anilines is 1. The third kappa shape index (κ3) is 5.85. The first kappa shape index (κ1) is 17.8. The summed E-state index contributed by atoms with van der Waals surface area (Å²) in [6.45, 7) is 6.19. The molecule has 1 aliphatic heterocycles. The number of hydrogen-bond donors (Lipinski definition) is 1. The molecule has 1 N–H and O–H groups in total. The molecule has 7 nitrogen and oxygen atoms in total. The average Bonchev–Trinajstić information content (AvgIpc) is 2.80. The molecule has 130 valence electrons. The van der Waals surface area contributed by atoms with Crippen molar-refractivity contribution >= 4 is 21.7 Å². The number of amides is 2. The zero-order chi connectivity index (χ0) is 17.0. The van der Waals surface area contributed by atoms with Crippen molar-refractivity contribution in [3.63, 3.8) is 0 Å². The number of sulfone groups is 1. The van der Waals surface area contributed by atoms with Crippen LogP contribution < -0.4 is 5.32 Å². The summed E-state index contributed by atoms with van der Waals surface area (Å²) in [6.07, 6.45) is 5.03. The van der Waals surface area contributed by atoms with Crippen LogP contribution in [-0.4, -0.2) is 54.2 Å². The fourth-order valence-electron chi connectivity index (χ4n) is 2.91. The van der Waals surface area contributed by atoms with Crippen molar-refractivity contribution in [1.29, 1.82) is 0 Å². The van der Waals surface area contributed by atoms with Crippen molar-refractivity contribution in [2.75, 3.05) is 30.4 Å². The van der Waals surface area contributed by atoms with Gasteiger partial charge in [-0.15, -0.1) is 0 Å². The molecule has 0 aliphatic carbocycles. The van der Waals surface area contributed by atoms with Gasteiger partial charge >= 0.3 is 6.03 Å². The molecule has 2 heterocycles. The molecule has 0 radical (unpaired) electrons. The molecular weight excluding hydrogens is 316 g/mol. The lowest BCUT2D eigenvalue weighted by molar-refractivity contribution is 0.207. The van der Waals surface area contributed by atoms with Gasteiger partial charge in [-0.25, -0.2) is 13.2 Å². The molecule has 0 bridgehead atoms. The number of carbonyl (C=O) groups is 1. The second kappa shape index (κ2) is 7.33. The molecule has 2 amide bonds. The first-order chi connectivity index (χ1) is 10.7. The van der Waals surface area contributed by atoms with Crippen LogP contribution in [0.15, 0.2) is 12.3 Å². The maximum absolute atomic E-state index is 12.4. The number of urea groups is 1.